The highest BCUT2D eigenvalue weighted by atomic mass is 15.3. The van der Waals surface area contributed by atoms with Gasteiger partial charge in [0.2, 0.25) is 5.78 Å². The van der Waals surface area contributed by atoms with Crippen LogP contribution in [0.2, 0.25) is 0 Å². The van der Waals surface area contributed by atoms with E-state index < -0.39 is 0 Å². The lowest BCUT2D eigenvalue weighted by Gasteiger charge is -2.19. The van der Waals surface area contributed by atoms with Gasteiger partial charge in [0.25, 0.3) is 0 Å². The molecule has 0 fully saturated rings. The first-order valence-electron chi connectivity index (χ1n) is 10.6. The van der Waals surface area contributed by atoms with Crippen LogP contribution in [0.5, 0.6) is 0 Å². The van der Waals surface area contributed by atoms with Gasteiger partial charge in [-0.2, -0.15) is 0 Å². The zero-order chi connectivity index (χ0) is 21.9. The molecule has 4 aromatic heterocycles. The number of aromatic nitrogens is 6. The van der Waals surface area contributed by atoms with Crippen LogP contribution in [-0.2, 0) is 5.41 Å². The van der Waals surface area contributed by atoms with Gasteiger partial charge in [-0.25, -0.2) is 0 Å². The second-order valence-electron chi connectivity index (χ2n) is 9.10. The Kier molecular flexibility index (Phi) is 3.92. The van der Waals surface area contributed by atoms with E-state index in [1.54, 1.807) is 12.5 Å². The zero-order valence-electron chi connectivity index (χ0n) is 18.2. The van der Waals surface area contributed by atoms with E-state index in [9.17, 15) is 0 Å². The predicted octanol–water partition coefficient (Wildman–Crippen LogP) is 5.58. The monoisotopic (exact) mass is 418 g/mol. The molecule has 0 spiro atoms. The van der Waals surface area contributed by atoms with Crippen molar-refractivity contribution >= 4 is 27.7 Å². The summed E-state index contributed by atoms with van der Waals surface area (Å²) in [6.45, 7) is 6.68. The molecule has 0 unspecified atom stereocenters. The summed E-state index contributed by atoms with van der Waals surface area (Å²) in [6.07, 6.45) is 7.32. The molecule has 4 heterocycles. The third-order valence-corrected chi connectivity index (χ3v) is 6.02. The number of fused-ring (bicyclic) bond motifs is 5. The van der Waals surface area contributed by atoms with Gasteiger partial charge >= 0.3 is 0 Å². The lowest BCUT2D eigenvalue weighted by Crippen LogP contribution is -2.10. The summed E-state index contributed by atoms with van der Waals surface area (Å²) in [4.78, 5) is 9.00. The van der Waals surface area contributed by atoms with Crippen LogP contribution in [0.1, 0.15) is 26.3 Å². The maximum Gasteiger partial charge on any atom is 0.241 e. The molecular formula is C26H22N6. The van der Waals surface area contributed by atoms with E-state index in [1.165, 1.54) is 5.56 Å². The lowest BCUT2D eigenvalue weighted by molar-refractivity contribution is 0.590. The summed E-state index contributed by atoms with van der Waals surface area (Å²) in [5.74, 6) is 0.768. The van der Waals surface area contributed by atoms with Crippen LogP contribution in [0.3, 0.4) is 0 Å². The van der Waals surface area contributed by atoms with Crippen LogP contribution in [0, 0.1) is 0 Å². The van der Waals surface area contributed by atoms with Crippen molar-refractivity contribution in [2.24, 2.45) is 0 Å². The van der Waals surface area contributed by atoms with E-state index in [0.29, 0.717) is 0 Å². The average Bonchev–Trinajstić information content (AvgIpc) is 3.40. The predicted molar refractivity (Wildman–Crippen MR) is 127 cm³/mol. The molecule has 156 valence electrons. The lowest BCUT2D eigenvalue weighted by atomic mass is 9.87. The second kappa shape index (κ2) is 6.72. The molecule has 6 rings (SSSR count). The molecule has 32 heavy (non-hydrogen) atoms. The Labute approximate surface area is 185 Å². The van der Waals surface area contributed by atoms with E-state index in [0.717, 1.165) is 44.5 Å². The third kappa shape index (κ3) is 2.80. The molecule has 0 saturated carbocycles. The maximum absolute atomic E-state index is 4.72. The number of rotatable bonds is 2. The van der Waals surface area contributed by atoms with E-state index in [4.69, 9.17) is 4.98 Å². The van der Waals surface area contributed by atoms with Gasteiger partial charge in [-0.3, -0.25) is 18.9 Å². The Bertz CT molecular complexity index is 1590. The van der Waals surface area contributed by atoms with Crippen molar-refractivity contribution < 1.29 is 0 Å². The van der Waals surface area contributed by atoms with Crippen LogP contribution >= 0.6 is 0 Å². The minimum absolute atomic E-state index is 0.0940. The summed E-state index contributed by atoms with van der Waals surface area (Å²) in [7, 11) is 0. The molecule has 0 saturated heterocycles. The van der Waals surface area contributed by atoms with Gasteiger partial charge < -0.3 is 0 Å². The van der Waals surface area contributed by atoms with Gasteiger partial charge in [0.15, 0.2) is 0 Å². The first kappa shape index (κ1) is 18.7. The van der Waals surface area contributed by atoms with Crippen molar-refractivity contribution in [3.63, 3.8) is 0 Å². The maximum atomic E-state index is 4.72. The van der Waals surface area contributed by atoms with Crippen molar-refractivity contribution in [1.29, 1.82) is 0 Å². The highest BCUT2D eigenvalue weighted by Crippen LogP contribution is 2.33. The molecule has 6 aromatic rings. The van der Waals surface area contributed by atoms with Gasteiger partial charge in [0, 0.05) is 29.0 Å². The Morgan fingerprint density at radius 3 is 2.47 bits per heavy atom. The molecule has 0 aliphatic rings. The summed E-state index contributed by atoms with van der Waals surface area (Å²) in [5.41, 5.74) is 7.58. The molecule has 0 aliphatic carbocycles. The quantitative estimate of drug-likeness (QED) is 0.368. The van der Waals surface area contributed by atoms with Crippen molar-refractivity contribution in [2.45, 2.75) is 26.2 Å². The highest BCUT2D eigenvalue weighted by Gasteiger charge is 2.19. The molecule has 2 aromatic carbocycles. The number of hydrogen-bond acceptors (Lipinski definition) is 4. The first-order valence-corrected chi connectivity index (χ1v) is 10.6. The highest BCUT2D eigenvalue weighted by molar-refractivity contribution is 6.06. The smallest absolute Gasteiger partial charge is 0.241 e. The van der Waals surface area contributed by atoms with E-state index in [-0.39, 0.29) is 5.41 Å². The van der Waals surface area contributed by atoms with E-state index in [2.05, 4.69) is 89.1 Å². The third-order valence-electron chi connectivity index (χ3n) is 6.02. The first-order chi connectivity index (χ1) is 15.5. The summed E-state index contributed by atoms with van der Waals surface area (Å²) >= 11 is 0. The average molecular weight is 419 g/mol. The number of benzene rings is 2. The normalized spacial score (nSPS) is 12.2. The van der Waals surface area contributed by atoms with Crippen LogP contribution in [0.25, 0.3) is 44.5 Å². The second-order valence-corrected chi connectivity index (χ2v) is 9.10. The molecule has 0 aliphatic heterocycles. The number of pyridine rings is 2. The molecule has 0 amide bonds. The number of hydrogen-bond donors (Lipinski definition) is 0. The van der Waals surface area contributed by atoms with E-state index >= 15 is 0 Å². The molecular weight excluding hydrogens is 396 g/mol. The summed E-state index contributed by atoms with van der Waals surface area (Å²) in [5, 5.41) is 9.65. The largest absolute Gasteiger partial charge is 0.276 e. The van der Waals surface area contributed by atoms with Crippen LogP contribution < -0.4 is 0 Å². The summed E-state index contributed by atoms with van der Waals surface area (Å²) in [6, 6.07) is 19.1. The van der Waals surface area contributed by atoms with Gasteiger partial charge in [-0.05, 0) is 46.9 Å². The number of imidazole rings is 1. The van der Waals surface area contributed by atoms with Gasteiger partial charge in [-0.15, -0.1) is 10.2 Å². The van der Waals surface area contributed by atoms with Crippen LogP contribution in [0.15, 0.2) is 79.5 Å². The molecule has 0 radical (unpaired) electrons. The molecule has 6 nitrogen and oxygen atoms in total. The molecule has 0 bridgehead atoms. The van der Waals surface area contributed by atoms with Crippen LogP contribution in [0.4, 0.5) is 0 Å². The minimum atomic E-state index is 0.0940. The standard InChI is InChI=1S/C26H22N6/c1-26(2,3)19-7-9-20(10-8-19)32-24-21-13-17(18-5-4-12-27-14-18)6-11-22(21)28-15-23(24)31-16-29-30-25(31)32/h4-16H,1-3H3. The number of nitrogens with zero attached hydrogens (tertiary/aromatic N) is 6. The van der Waals surface area contributed by atoms with Crippen molar-refractivity contribution in [3.05, 3.63) is 85.1 Å². The van der Waals surface area contributed by atoms with Crippen molar-refractivity contribution in [2.75, 3.05) is 0 Å². The van der Waals surface area contributed by atoms with Crippen molar-refractivity contribution in [3.8, 4) is 16.8 Å². The van der Waals surface area contributed by atoms with Gasteiger partial charge in [-0.1, -0.05) is 45.0 Å². The van der Waals surface area contributed by atoms with Crippen molar-refractivity contribution in [1.82, 2.24) is 29.1 Å². The molecule has 0 N–H and O–H groups in total. The Morgan fingerprint density at radius 2 is 1.72 bits per heavy atom. The molecule has 6 heteroatoms. The fraction of sp³-hybridized carbons (Fsp3) is 0.154. The van der Waals surface area contributed by atoms with Crippen LogP contribution in [-0.4, -0.2) is 29.1 Å². The topological polar surface area (TPSA) is 60.9 Å². The van der Waals surface area contributed by atoms with Gasteiger partial charge in [0.05, 0.1) is 22.7 Å². The SMILES string of the molecule is CC(C)(C)c1ccc(-n2c3c4cc(-c5cccnc5)ccc4ncc3n3cnnc23)cc1. The Balaban J connectivity index is 1.67. The fourth-order valence-corrected chi connectivity index (χ4v) is 4.30. The zero-order valence-corrected chi connectivity index (χ0v) is 18.2. The fourth-order valence-electron chi connectivity index (χ4n) is 4.30. The Hall–Kier alpha value is -4.06. The Morgan fingerprint density at radius 1 is 0.875 bits per heavy atom. The summed E-state index contributed by atoms with van der Waals surface area (Å²) < 4.78 is 4.17. The minimum Gasteiger partial charge on any atom is -0.276 e. The van der Waals surface area contributed by atoms with E-state index in [1.807, 2.05) is 22.9 Å². The molecule has 0 atom stereocenters. The van der Waals surface area contributed by atoms with Gasteiger partial charge in [0.1, 0.15) is 6.33 Å².